The van der Waals surface area contributed by atoms with Gasteiger partial charge in [-0.05, 0) is 6.42 Å². The first-order chi connectivity index (χ1) is 12.2. The highest BCUT2D eigenvalue weighted by atomic mass is 16.5. The van der Waals surface area contributed by atoms with Crippen LogP contribution in [0.5, 0.6) is 0 Å². The lowest BCUT2D eigenvalue weighted by Crippen LogP contribution is -2.49. The Bertz CT molecular complexity index is 697. The van der Waals surface area contributed by atoms with Gasteiger partial charge in [-0.3, -0.25) is 4.68 Å². The molecule has 1 aromatic heterocycles. The van der Waals surface area contributed by atoms with E-state index in [1.165, 1.54) is 0 Å². The molecule has 6 nitrogen and oxygen atoms in total. The summed E-state index contributed by atoms with van der Waals surface area (Å²) >= 11 is 0. The summed E-state index contributed by atoms with van der Waals surface area (Å²) in [5, 5.41) is 7.57. The molecule has 0 bridgehead atoms. The Kier molecular flexibility index (Phi) is 5.71. The summed E-state index contributed by atoms with van der Waals surface area (Å²) in [7, 11) is 1.90. The highest BCUT2D eigenvalue weighted by molar-refractivity contribution is 5.74. The summed E-state index contributed by atoms with van der Waals surface area (Å²) in [6.07, 6.45) is 4.17. The normalized spacial score (nSPS) is 17.5. The second-order valence-electron chi connectivity index (χ2n) is 6.43. The van der Waals surface area contributed by atoms with Gasteiger partial charge in [-0.1, -0.05) is 43.7 Å². The molecule has 25 heavy (non-hydrogen) atoms. The largest absolute Gasteiger partial charge is 0.375 e. The average Bonchev–Trinajstić information content (AvgIpc) is 3.02. The van der Waals surface area contributed by atoms with E-state index in [0.717, 1.165) is 29.7 Å². The maximum Gasteiger partial charge on any atom is 0.317 e. The van der Waals surface area contributed by atoms with Crippen LogP contribution >= 0.6 is 0 Å². The summed E-state index contributed by atoms with van der Waals surface area (Å²) in [6.45, 7) is 4.52. The minimum absolute atomic E-state index is 0.0349. The number of carbonyl (C=O) groups is 1. The number of carbonyl (C=O) groups excluding carboxylic acids is 1. The van der Waals surface area contributed by atoms with Gasteiger partial charge < -0.3 is 15.0 Å². The van der Waals surface area contributed by atoms with Crippen LogP contribution in [0.25, 0.3) is 11.3 Å². The third-order valence-electron chi connectivity index (χ3n) is 4.42. The number of aryl methyl sites for hydroxylation is 1. The second kappa shape index (κ2) is 8.16. The van der Waals surface area contributed by atoms with Gasteiger partial charge in [-0.15, -0.1) is 0 Å². The fourth-order valence-corrected chi connectivity index (χ4v) is 3.19. The number of nitrogens with zero attached hydrogens (tertiary/aromatic N) is 3. The van der Waals surface area contributed by atoms with Crippen LogP contribution in [0.3, 0.4) is 0 Å². The molecule has 0 spiro atoms. The van der Waals surface area contributed by atoms with E-state index in [1.54, 1.807) is 4.68 Å². The summed E-state index contributed by atoms with van der Waals surface area (Å²) < 4.78 is 7.49. The molecule has 2 amide bonds. The van der Waals surface area contributed by atoms with Crippen molar-refractivity contribution in [3.63, 3.8) is 0 Å². The molecule has 1 N–H and O–H groups in total. The van der Waals surface area contributed by atoms with Crippen LogP contribution in [0, 0.1) is 0 Å². The molecule has 3 rings (SSSR count). The van der Waals surface area contributed by atoms with Gasteiger partial charge in [0.05, 0.1) is 18.4 Å². The minimum atomic E-state index is -0.0349. The Labute approximate surface area is 148 Å². The van der Waals surface area contributed by atoms with E-state index in [4.69, 9.17) is 4.74 Å². The van der Waals surface area contributed by atoms with E-state index in [0.29, 0.717) is 26.2 Å². The molecule has 0 saturated carbocycles. The maximum absolute atomic E-state index is 12.5. The fraction of sp³-hybridized carbons (Fsp3) is 0.474. The van der Waals surface area contributed by atoms with Crippen LogP contribution in [0.15, 0.2) is 36.5 Å². The Morgan fingerprint density at radius 2 is 2.16 bits per heavy atom. The van der Waals surface area contributed by atoms with Crippen molar-refractivity contribution in [2.24, 2.45) is 7.05 Å². The van der Waals surface area contributed by atoms with E-state index < -0.39 is 0 Å². The van der Waals surface area contributed by atoms with Crippen LogP contribution in [0.4, 0.5) is 4.79 Å². The fourth-order valence-electron chi connectivity index (χ4n) is 3.19. The van der Waals surface area contributed by atoms with Gasteiger partial charge >= 0.3 is 6.03 Å². The predicted octanol–water partition coefficient (Wildman–Crippen LogP) is 2.80. The van der Waals surface area contributed by atoms with E-state index in [-0.39, 0.29) is 12.1 Å². The van der Waals surface area contributed by atoms with Crippen molar-refractivity contribution in [3.05, 3.63) is 42.1 Å². The van der Waals surface area contributed by atoms with Gasteiger partial charge in [0.25, 0.3) is 0 Å². The first-order valence-corrected chi connectivity index (χ1v) is 8.89. The van der Waals surface area contributed by atoms with E-state index in [1.807, 2.05) is 48.5 Å². The number of amides is 2. The standard InChI is InChI=1S/C19H26N4O2/c1-3-7-17-14-23(10-11-25-17)19(24)20-12-16-13-22(2)21-18(16)15-8-5-4-6-9-15/h4-6,8-9,13,17H,3,7,10-12,14H2,1-2H3,(H,20,24)/t17-/m0/s1. The lowest BCUT2D eigenvalue weighted by molar-refractivity contribution is -0.0181. The number of hydrogen-bond acceptors (Lipinski definition) is 3. The van der Waals surface area contributed by atoms with Crippen molar-refractivity contribution >= 4 is 6.03 Å². The molecule has 0 unspecified atom stereocenters. The van der Waals surface area contributed by atoms with Crippen molar-refractivity contribution in [2.75, 3.05) is 19.7 Å². The Morgan fingerprint density at radius 1 is 1.36 bits per heavy atom. The van der Waals surface area contributed by atoms with Gasteiger partial charge in [0.15, 0.2) is 0 Å². The number of morpholine rings is 1. The monoisotopic (exact) mass is 342 g/mol. The van der Waals surface area contributed by atoms with E-state index >= 15 is 0 Å². The molecule has 1 aromatic carbocycles. The average molecular weight is 342 g/mol. The van der Waals surface area contributed by atoms with Crippen molar-refractivity contribution in [3.8, 4) is 11.3 Å². The van der Waals surface area contributed by atoms with E-state index in [2.05, 4.69) is 17.3 Å². The Balaban J connectivity index is 1.63. The zero-order valence-electron chi connectivity index (χ0n) is 14.9. The first kappa shape index (κ1) is 17.5. The molecule has 1 atom stereocenters. The molecular weight excluding hydrogens is 316 g/mol. The van der Waals surface area contributed by atoms with E-state index in [9.17, 15) is 4.79 Å². The summed E-state index contributed by atoms with van der Waals surface area (Å²) in [5.41, 5.74) is 2.98. The quantitative estimate of drug-likeness (QED) is 0.909. The van der Waals surface area contributed by atoms with Crippen LogP contribution in [-0.2, 0) is 18.3 Å². The van der Waals surface area contributed by atoms with Crippen LogP contribution in [0.1, 0.15) is 25.3 Å². The van der Waals surface area contributed by atoms with Crippen molar-refractivity contribution in [1.82, 2.24) is 20.0 Å². The van der Waals surface area contributed by atoms with Crippen molar-refractivity contribution in [1.29, 1.82) is 0 Å². The second-order valence-corrected chi connectivity index (χ2v) is 6.43. The molecule has 1 aliphatic rings. The zero-order valence-corrected chi connectivity index (χ0v) is 14.9. The molecule has 6 heteroatoms. The smallest absolute Gasteiger partial charge is 0.317 e. The SMILES string of the molecule is CCC[C@H]1CN(C(=O)NCc2cn(C)nc2-c2ccccc2)CCO1. The third kappa shape index (κ3) is 4.39. The van der Waals surface area contributed by atoms with Gasteiger partial charge in [0, 0.05) is 44.0 Å². The first-order valence-electron chi connectivity index (χ1n) is 8.89. The molecule has 1 aliphatic heterocycles. The molecule has 2 heterocycles. The molecular formula is C19H26N4O2. The predicted molar refractivity (Wildman–Crippen MR) is 97.1 cm³/mol. The maximum atomic E-state index is 12.5. The number of hydrogen-bond donors (Lipinski definition) is 1. The summed E-state index contributed by atoms with van der Waals surface area (Å²) in [4.78, 5) is 14.4. The Morgan fingerprint density at radius 3 is 2.92 bits per heavy atom. The van der Waals surface area contributed by atoms with Gasteiger partial charge in [-0.25, -0.2) is 4.79 Å². The molecule has 1 fully saturated rings. The molecule has 2 aromatic rings. The number of nitrogens with one attached hydrogen (secondary N) is 1. The number of benzene rings is 1. The molecule has 0 radical (unpaired) electrons. The van der Waals surface area contributed by atoms with Gasteiger partial charge in [-0.2, -0.15) is 5.10 Å². The van der Waals surface area contributed by atoms with Gasteiger partial charge in [0.1, 0.15) is 0 Å². The summed E-state index contributed by atoms with van der Waals surface area (Å²) in [6, 6.07) is 10.0. The van der Waals surface area contributed by atoms with Crippen LogP contribution in [0.2, 0.25) is 0 Å². The third-order valence-corrected chi connectivity index (χ3v) is 4.42. The molecule has 1 saturated heterocycles. The Hall–Kier alpha value is -2.34. The molecule has 134 valence electrons. The minimum Gasteiger partial charge on any atom is -0.375 e. The lowest BCUT2D eigenvalue weighted by atomic mass is 10.1. The topological polar surface area (TPSA) is 59.4 Å². The highest BCUT2D eigenvalue weighted by Gasteiger charge is 2.23. The van der Waals surface area contributed by atoms with Crippen LogP contribution < -0.4 is 5.32 Å². The summed E-state index contributed by atoms with van der Waals surface area (Å²) in [5.74, 6) is 0. The number of ether oxygens (including phenoxy) is 1. The number of urea groups is 1. The van der Waals surface area contributed by atoms with Gasteiger partial charge in [0.2, 0.25) is 0 Å². The molecule has 0 aliphatic carbocycles. The van der Waals surface area contributed by atoms with Crippen LogP contribution in [-0.4, -0.2) is 46.5 Å². The lowest BCUT2D eigenvalue weighted by Gasteiger charge is -2.32. The number of aromatic nitrogens is 2. The zero-order chi connectivity index (χ0) is 17.6. The van der Waals surface area contributed by atoms with Crippen molar-refractivity contribution < 1.29 is 9.53 Å². The number of rotatable bonds is 5. The van der Waals surface area contributed by atoms with Crippen molar-refractivity contribution in [2.45, 2.75) is 32.4 Å². The highest BCUT2D eigenvalue weighted by Crippen LogP contribution is 2.21.